The molecule has 0 spiro atoms. The van der Waals surface area contributed by atoms with Gasteiger partial charge in [0.2, 0.25) is 5.91 Å². The lowest BCUT2D eigenvalue weighted by Gasteiger charge is -2.36. The van der Waals surface area contributed by atoms with E-state index >= 15 is 0 Å². The van der Waals surface area contributed by atoms with Crippen LogP contribution >= 0.6 is 11.6 Å². The molecule has 0 bridgehead atoms. The summed E-state index contributed by atoms with van der Waals surface area (Å²) in [6.45, 7) is 2.71. The lowest BCUT2D eigenvalue weighted by Crippen LogP contribution is -2.49. The van der Waals surface area contributed by atoms with E-state index in [1.165, 1.54) is 6.33 Å². The molecule has 1 N–H and O–H groups in total. The Morgan fingerprint density at radius 1 is 1.50 bits per heavy atom. The first kappa shape index (κ1) is 13.1. The molecule has 98 valence electrons. The van der Waals surface area contributed by atoms with Crippen molar-refractivity contribution in [2.75, 3.05) is 18.5 Å². The third-order valence-electron chi connectivity index (χ3n) is 3.32. The minimum atomic E-state index is -0.159. The summed E-state index contributed by atoms with van der Waals surface area (Å²) in [4.78, 5) is 22.2. The molecule has 1 aromatic heterocycles. The summed E-state index contributed by atoms with van der Waals surface area (Å²) < 4.78 is 0. The molecule has 0 radical (unpaired) electrons. The van der Waals surface area contributed by atoms with Crippen molar-refractivity contribution < 1.29 is 4.79 Å². The van der Waals surface area contributed by atoms with Crippen LogP contribution in [0.15, 0.2) is 6.33 Å². The quantitative estimate of drug-likeness (QED) is 0.827. The normalized spacial score (nSPS) is 19.7. The van der Waals surface area contributed by atoms with Gasteiger partial charge in [-0.05, 0) is 26.2 Å². The van der Waals surface area contributed by atoms with E-state index in [1.54, 1.807) is 7.05 Å². The number of nitrogens with zero attached hydrogens (tertiary/aromatic N) is 3. The largest absolute Gasteiger partial charge is 0.357 e. The number of aromatic nitrogens is 2. The standard InChI is InChI=1S/C12H17ClN4O/c1-8-10(13)15-7-16-11(8)17-6-4-3-5-9(17)12(18)14-2/h7,9H,3-6H2,1-2H3,(H,14,18). The molecule has 0 aliphatic carbocycles. The molecule has 1 aliphatic rings. The molecule has 1 fully saturated rings. The Balaban J connectivity index is 2.34. The van der Waals surface area contributed by atoms with Crippen molar-refractivity contribution in [2.45, 2.75) is 32.2 Å². The second-order valence-corrected chi connectivity index (χ2v) is 4.79. The van der Waals surface area contributed by atoms with Crippen LogP contribution in [0.2, 0.25) is 5.15 Å². The van der Waals surface area contributed by atoms with Crippen molar-refractivity contribution in [3.63, 3.8) is 0 Å². The number of carbonyl (C=O) groups is 1. The highest BCUT2D eigenvalue weighted by Crippen LogP contribution is 2.28. The van der Waals surface area contributed by atoms with E-state index in [4.69, 9.17) is 11.6 Å². The molecule has 6 heteroatoms. The van der Waals surface area contributed by atoms with Gasteiger partial charge >= 0.3 is 0 Å². The maximum atomic E-state index is 11.9. The van der Waals surface area contributed by atoms with Crippen molar-refractivity contribution in [1.82, 2.24) is 15.3 Å². The van der Waals surface area contributed by atoms with Gasteiger partial charge in [0.05, 0.1) is 0 Å². The fraction of sp³-hybridized carbons (Fsp3) is 0.583. The molecule has 1 aromatic rings. The Morgan fingerprint density at radius 2 is 2.28 bits per heavy atom. The van der Waals surface area contributed by atoms with E-state index < -0.39 is 0 Å². The third kappa shape index (κ3) is 2.41. The van der Waals surface area contributed by atoms with Gasteiger partial charge in [-0.15, -0.1) is 0 Å². The van der Waals surface area contributed by atoms with Gasteiger partial charge in [-0.25, -0.2) is 9.97 Å². The molecule has 0 saturated carbocycles. The third-order valence-corrected chi connectivity index (χ3v) is 3.70. The Morgan fingerprint density at radius 3 is 3.00 bits per heavy atom. The highest BCUT2D eigenvalue weighted by molar-refractivity contribution is 6.30. The van der Waals surface area contributed by atoms with E-state index in [0.29, 0.717) is 5.15 Å². The van der Waals surface area contributed by atoms with E-state index in [-0.39, 0.29) is 11.9 Å². The zero-order valence-corrected chi connectivity index (χ0v) is 11.4. The number of rotatable bonds is 2. The number of carbonyl (C=O) groups excluding carboxylic acids is 1. The number of hydrogen-bond acceptors (Lipinski definition) is 4. The smallest absolute Gasteiger partial charge is 0.242 e. The molecule has 1 amide bonds. The molecule has 1 aliphatic heterocycles. The van der Waals surface area contributed by atoms with Crippen LogP contribution in [-0.4, -0.2) is 35.5 Å². The predicted octanol–water partition coefficient (Wildman–Crippen LogP) is 1.54. The van der Waals surface area contributed by atoms with Crippen LogP contribution in [0.4, 0.5) is 5.82 Å². The molecule has 2 heterocycles. The number of nitrogens with one attached hydrogen (secondary N) is 1. The molecule has 1 unspecified atom stereocenters. The Labute approximate surface area is 112 Å². The summed E-state index contributed by atoms with van der Waals surface area (Å²) in [6.07, 6.45) is 4.42. The maximum Gasteiger partial charge on any atom is 0.242 e. The predicted molar refractivity (Wildman–Crippen MR) is 70.8 cm³/mol. The second kappa shape index (κ2) is 5.52. The molecule has 18 heavy (non-hydrogen) atoms. The number of anilines is 1. The molecular weight excluding hydrogens is 252 g/mol. The van der Waals surface area contributed by atoms with Crippen LogP contribution in [0.1, 0.15) is 24.8 Å². The number of piperidine rings is 1. The zero-order chi connectivity index (χ0) is 13.1. The monoisotopic (exact) mass is 268 g/mol. The highest BCUT2D eigenvalue weighted by Gasteiger charge is 2.30. The average molecular weight is 269 g/mol. The summed E-state index contributed by atoms with van der Waals surface area (Å²) in [6, 6.07) is -0.159. The van der Waals surface area contributed by atoms with Gasteiger partial charge in [0.1, 0.15) is 23.3 Å². The summed E-state index contributed by atoms with van der Waals surface area (Å²) in [5, 5.41) is 3.16. The summed E-state index contributed by atoms with van der Waals surface area (Å²) >= 11 is 6.02. The SMILES string of the molecule is CNC(=O)C1CCCCN1c1ncnc(Cl)c1C. The first-order chi connectivity index (χ1) is 8.65. The number of amides is 1. The lowest BCUT2D eigenvalue weighted by molar-refractivity contribution is -0.122. The van der Waals surface area contributed by atoms with Gasteiger partial charge in [0.25, 0.3) is 0 Å². The van der Waals surface area contributed by atoms with Gasteiger partial charge in [-0.1, -0.05) is 11.6 Å². The summed E-state index contributed by atoms with van der Waals surface area (Å²) in [5.41, 5.74) is 0.829. The van der Waals surface area contributed by atoms with E-state index in [1.807, 2.05) is 11.8 Å². The van der Waals surface area contributed by atoms with Crippen molar-refractivity contribution in [1.29, 1.82) is 0 Å². The molecule has 2 rings (SSSR count). The minimum Gasteiger partial charge on any atom is -0.357 e. The topological polar surface area (TPSA) is 58.1 Å². The first-order valence-corrected chi connectivity index (χ1v) is 6.48. The van der Waals surface area contributed by atoms with Crippen LogP contribution in [0, 0.1) is 6.92 Å². The molecule has 1 saturated heterocycles. The number of hydrogen-bond donors (Lipinski definition) is 1. The summed E-state index contributed by atoms with van der Waals surface area (Å²) in [7, 11) is 1.66. The fourth-order valence-electron chi connectivity index (χ4n) is 2.33. The Kier molecular flexibility index (Phi) is 4.01. The molecule has 5 nitrogen and oxygen atoms in total. The average Bonchev–Trinajstić information content (AvgIpc) is 2.41. The van der Waals surface area contributed by atoms with Crippen LogP contribution in [0.5, 0.6) is 0 Å². The highest BCUT2D eigenvalue weighted by atomic mass is 35.5. The number of likely N-dealkylation sites (N-methyl/N-ethyl adjacent to an activating group) is 1. The van der Waals surface area contributed by atoms with E-state index in [2.05, 4.69) is 15.3 Å². The Bertz CT molecular complexity index is 452. The molecular formula is C12H17ClN4O. The van der Waals surface area contributed by atoms with E-state index in [9.17, 15) is 4.79 Å². The van der Waals surface area contributed by atoms with Gasteiger partial charge in [-0.2, -0.15) is 0 Å². The van der Waals surface area contributed by atoms with Gasteiger partial charge in [-0.3, -0.25) is 4.79 Å². The first-order valence-electron chi connectivity index (χ1n) is 6.10. The molecule has 0 aromatic carbocycles. The fourth-order valence-corrected chi connectivity index (χ4v) is 2.46. The van der Waals surface area contributed by atoms with Crippen molar-refractivity contribution >= 4 is 23.3 Å². The van der Waals surface area contributed by atoms with Crippen molar-refractivity contribution in [3.05, 3.63) is 17.0 Å². The Hall–Kier alpha value is -1.36. The van der Waals surface area contributed by atoms with Crippen LogP contribution in [-0.2, 0) is 4.79 Å². The van der Waals surface area contributed by atoms with Gasteiger partial charge in [0.15, 0.2) is 0 Å². The lowest BCUT2D eigenvalue weighted by atomic mass is 10.0. The number of halogens is 1. The maximum absolute atomic E-state index is 11.9. The van der Waals surface area contributed by atoms with Gasteiger partial charge < -0.3 is 10.2 Å². The summed E-state index contributed by atoms with van der Waals surface area (Å²) in [5.74, 6) is 0.798. The van der Waals surface area contributed by atoms with Gasteiger partial charge in [0, 0.05) is 19.2 Å². The zero-order valence-electron chi connectivity index (χ0n) is 10.6. The van der Waals surface area contributed by atoms with E-state index in [0.717, 1.165) is 37.2 Å². The van der Waals surface area contributed by atoms with Crippen LogP contribution in [0.3, 0.4) is 0 Å². The van der Waals surface area contributed by atoms with Crippen molar-refractivity contribution in [3.8, 4) is 0 Å². The second-order valence-electron chi connectivity index (χ2n) is 4.43. The van der Waals surface area contributed by atoms with Crippen LogP contribution < -0.4 is 10.2 Å². The van der Waals surface area contributed by atoms with Crippen LogP contribution in [0.25, 0.3) is 0 Å². The minimum absolute atomic E-state index is 0.0313. The molecule has 1 atom stereocenters. The van der Waals surface area contributed by atoms with Crippen molar-refractivity contribution in [2.24, 2.45) is 0 Å².